The van der Waals surface area contributed by atoms with Gasteiger partial charge in [0.25, 0.3) is 11.5 Å². The van der Waals surface area contributed by atoms with Gasteiger partial charge in [-0.1, -0.05) is 23.2 Å². The molecule has 132 valence electrons. The van der Waals surface area contributed by atoms with Crippen LogP contribution in [0, 0.1) is 6.92 Å². The second-order valence-corrected chi connectivity index (χ2v) is 7.03. The third-order valence-electron chi connectivity index (χ3n) is 4.42. The van der Waals surface area contributed by atoms with Gasteiger partial charge in [-0.3, -0.25) is 4.79 Å². The molecule has 0 aliphatic heterocycles. The summed E-state index contributed by atoms with van der Waals surface area (Å²) in [7, 11) is 1.80. The molecule has 0 saturated heterocycles. The summed E-state index contributed by atoms with van der Waals surface area (Å²) in [6.07, 6.45) is 1.72. The topological polar surface area (TPSA) is 37.8 Å². The summed E-state index contributed by atoms with van der Waals surface area (Å²) in [5, 5.41) is 1.27. The summed E-state index contributed by atoms with van der Waals surface area (Å²) in [6.45, 7) is 2.68. The summed E-state index contributed by atoms with van der Waals surface area (Å²) in [4.78, 5) is 14.2. The molecule has 0 saturated carbocycles. The van der Waals surface area contributed by atoms with Gasteiger partial charge in [-0.2, -0.15) is 0 Å². The van der Waals surface area contributed by atoms with Crippen molar-refractivity contribution < 1.29 is 8.78 Å². The second kappa shape index (κ2) is 6.15. The highest BCUT2D eigenvalue weighted by atomic mass is 35.5. The number of fused-ring (bicyclic) bond motifs is 1. The molecule has 2 heterocycles. The number of alkyl halides is 2. The number of H-pyrrole nitrogens is 1. The highest BCUT2D eigenvalue weighted by Gasteiger charge is 2.26. The average Bonchev–Trinajstić information content (AvgIpc) is 2.84. The van der Waals surface area contributed by atoms with E-state index in [-0.39, 0.29) is 10.6 Å². The molecule has 0 fully saturated rings. The SMILES string of the molecule is Cc1cc(C(C)(F)F)cc2c1cc(Cc1c(Cl)c[nH]c(=O)c1Cl)n2C. The standard InChI is InChI=1S/C18H16Cl2F2N2O/c1-9-4-10(18(2,21)22)5-15-12(9)6-11(24(15)3)7-13-14(19)8-23-17(25)16(13)20/h4-6,8H,7H2,1-3H3,(H,23,25). The van der Waals surface area contributed by atoms with Crippen molar-refractivity contribution in [1.82, 2.24) is 9.55 Å². The molecule has 0 atom stereocenters. The van der Waals surface area contributed by atoms with E-state index < -0.39 is 11.5 Å². The first-order chi connectivity index (χ1) is 11.6. The summed E-state index contributed by atoms with van der Waals surface area (Å²) in [5.41, 5.74) is 2.35. The first kappa shape index (κ1) is 18.0. The van der Waals surface area contributed by atoms with Gasteiger partial charge < -0.3 is 9.55 Å². The Labute approximate surface area is 153 Å². The Morgan fingerprint density at radius 2 is 1.92 bits per heavy atom. The van der Waals surface area contributed by atoms with Crippen LogP contribution in [0.15, 0.2) is 29.2 Å². The van der Waals surface area contributed by atoms with Crippen LogP contribution in [-0.2, 0) is 19.4 Å². The smallest absolute Gasteiger partial charge is 0.270 e. The summed E-state index contributed by atoms with van der Waals surface area (Å²) in [5.74, 6) is -2.91. The number of hydrogen-bond donors (Lipinski definition) is 1. The molecule has 0 amide bonds. The predicted octanol–water partition coefficient (Wildman–Crippen LogP) is 5.18. The first-order valence-corrected chi connectivity index (χ1v) is 8.38. The summed E-state index contributed by atoms with van der Waals surface area (Å²) in [6, 6.07) is 4.90. The Morgan fingerprint density at radius 1 is 1.24 bits per heavy atom. The monoisotopic (exact) mass is 384 g/mol. The van der Waals surface area contributed by atoms with Crippen LogP contribution in [0.5, 0.6) is 0 Å². The molecule has 0 bridgehead atoms. The molecular formula is C18H16Cl2F2N2O. The van der Waals surface area contributed by atoms with E-state index in [0.29, 0.717) is 22.5 Å². The number of benzene rings is 1. The van der Waals surface area contributed by atoms with Gasteiger partial charge in [0.1, 0.15) is 5.02 Å². The minimum Gasteiger partial charge on any atom is -0.347 e. The van der Waals surface area contributed by atoms with Crippen molar-refractivity contribution >= 4 is 34.1 Å². The van der Waals surface area contributed by atoms with Crippen LogP contribution in [0.25, 0.3) is 10.9 Å². The van der Waals surface area contributed by atoms with Gasteiger partial charge in [0.05, 0.1) is 5.02 Å². The van der Waals surface area contributed by atoms with Crippen molar-refractivity contribution in [3.8, 4) is 0 Å². The zero-order valence-corrected chi connectivity index (χ0v) is 15.4. The fourth-order valence-corrected chi connectivity index (χ4v) is 3.44. The number of aromatic amines is 1. The third kappa shape index (κ3) is 3.18. The normalized spacial score (nSPS) is 12.1. The quantitative estimate of drug-likeness (QED) is 0.663. The minimum atomic E-state index is -2.91. The first-order valence-electron chi connectivity index (χ1n) is 7.62. The lowest BCUT2D eigenvalue weighted by atomic mass is 10.0. The molecule has 2 aromatic heterocycles. The van der Waals surface area contributed by atoms with E-state index in [2.05, 4.69) is 4.98 Å². The van der Waals surface area contributed by atoms with Crippen molar-refractivity contribution in [2.24, 2.45) is 7.05 Å². The van der Waals surface area contributed by atoms with E-state index in [1.807, 2.05) is 10.6 Å². The lowest BCUT2D eigenvalue weighted by Gasteiger charge is -2.13. The maximum atomic E-state index is 13.7. The highest BCUT2D eigenvalue weighted by Crippen LogP contribution is 2.34. The van der Waals surface area contributed by atoms with Crippen molar-refractivity contribution in [3.63, 3.8) is 0 Å². The zero-order chi connectivity index (χ0) is 18.5. The molecule has 0 radical (unpaired) electrons. The number of nitrogens with one attached hydrogen (secondary N) is 1. The Kier molecular flexibility index (Phi) is 4.41. The molecule has 1 N–H and O–H groups in total. The van der Waals surface area contributed by atoms with Crippen LogP contribution < -0.4 is 5.56 Å². The fourth-order valence-electron chi connectivity index (χ4n) is 2.95. The summed E-state index contributed by atoms with van der Waals surface area (Å²) >= 11 is 12.2. The number of pyridine rings is 1. The number of nitrogens with zero attached hydrogens (tertiary/aromatic N) is 1. The van der Waals surface area contributed by atoms with Gasteiger partial charge >= 0.3 is 0 Å². The van der Waals surface area contributed by atoms with Gasteiger partial charge in [-0.15, -0.1) is 0 Å². The molecule has 0 aliphatic carbocycles. The molecule has 3 rings (SSSR count). The molecule has 25 heavy (non-hydrogen) atoms. The van der Waals surface area contributed by atoms with Gasteiger partial charge in [0.15, 0.2) is 0 Å². The third-order valence-corrected chi connectivity index (χ3v) is 5.15. The number of rotatable bonds is 3. The van der Waals surface area contributed by atoms with Crippen molar-refractivity contribution in [2.45, 2.75) is 26.2 Å². The van der Waals surface area contributed by atoms with E-state index in [9.17, 15) is 13.6 Å². The van der Waals surface area contributed by atoms with E-state index in [0.717, 1.165) is 23.6 Å². The van der Waals surface area contributed by atoms with Crippen molar-refractivity contribution in [1.29, 1.82) is 0 Å². The van der Waals surface area contributed by atoms with Gasteiger partial charge in [-0.25, -0.2) is 8.78 Å². The van der Waals surface area contributed by atoms with Crippen LogP contribution in [0.2, 0.25) is 10.0 Å². The highest BCUT2D eigenvalue weighted by molar-refractivity contribution is 6.35. The van der Waals surface area contributed by atoms with E-state index in [4.69, 9.17) is 23.2 Å². The number of halogens is 4. The second-order valence-electron chi connectivity index (χ2n) is 6.24. The number of aromatic nitrogens is 2. The Bertz CT molecular complexity index is 1030. The average molecular weight is 385 g/mol. The maximum absolute atomic E-state index is 13.7. The minimum absolute atomic E-state index is 0.0301. The molecule has 7 heteroatoms. The Hall–Kier alpha value is -1.85. The number of aryl methyl sites for hydroxylation is 2. The molecule has 1 aromatic carbocycles. The summed E-state index contributed by atoms with van der Waals surface area (Å²) < 4.78 is 29.3. The van der Waals surface area contributed by atoms with E-state index in [1.165, 1.54) is 18.3 Å². The largest absolute Gasteiger partial charge is 0.347 e. The van der Waals surface area contributed by atoms with E-state index >= 15 is 0 Å². The van der Waals surface area contributed by atoms with Crippen LogP contribution in [0.4, 0.5) is 8.78 Å². The van der Waals surface area contributed by atoms with Crippen LogP contribution in [-0.4, -0.2) is 9.55 Å². The maximum Gasteiger partial charge on any atom is 0.270 e. The molecule has 3 aromatic rings. The van der Waals surface area contributed by atoms with Crippen LogP contribution in [0.1, 0.15) is 29.3 Å². The Balaban J connectivity index is 2.16. The van der Waals surface area contributed by atoms with Crippen LogP contribution >= 0.6 is 23.2 Å². The van der Waals surface area contributed by atoms with E-state index in [1.54, 1.807) is 14.0 Å². The predicted molar refractivity (Wildman–Crippen MR) is 97.1 cm³/mol. The van der Waals surface area contributed by atoms with Crippen molar-refractivity contribution in [2.75, 3.05) is 0 Å². The number of hydrogen-bond acceptors (Lipinski definition) is 1. The lowest BCUT2D eigenvalue weighted by Crippen LogP contribution is -2.10. The molecule has 3 nitrogen and oxygen atoms in total. The molecular weight excluding hydrogens is 369 g/mol. The van der Waals surface area contributed by atoms with Gasteiger partial charge in [-0.05, 0) is 30.7 Å². The molecule has 0 unspecified atom stereocenters. The van der Waals surface area contributed by atoms with Gasteiger partial charge in [0.2, 0.25) is 0 Å². The van der Waals surface area contributed by atoms with Crippen molar-refractivity contribution in [3.05, 3.63) is 67.2 Å². The van der Waals surface area contributed by atoms with Gasteiger partial charge in [0, 0.05) is 54.3 Å². The fraction of sp³-hybridized carbons (Fsp3) is 0.278. The molecule has 0 aliphatic rings. The molecule has 0 spiro atoms. The Morgan fingerprint density at radius 3 is 2.56 bits per heavy atom. The van der Waals surface area contributed by atoms with Crippen LogP contribution in [0.3, 0.4) is 0 Å². The lowest BCUT2D eigenvalue weighted by molar-refractivity contribution is 0.0175. The zero-order valence-electron chi connectivity index (χ0n) is 13.9.